The van der Waals surface area contributed by atoms with Gasteiger partial charge in [0.05, 0.1) is 5.00 Å². The van der Waals surface area contributed by atoms with E-state index in [9.17, 15) is 5.26 Å². The molecule has 17 heavy (non-hydrogen) atoms. The van der Waals surface area contributed by atoms with Gasteiger partial charge in [0.1, 0.15) is 17.5 Å². The molecule has 4 heteroatoms. The molecule has 0 aliphatic carbocycles. The quantitative estimate of drug-likeness (QED) is 0.713. The first-order valence-electron chi connectivity index (χ1n) is 5.20. The monoisotopic (exact) mass is 239 g/mol. The molecule has 0 bridgehead atoms. The first-order chi connectivity index (χ1) is 8.38. The van der Waals surface area contributed by atoms with Crippen molar-refractivity contribution in [1.82, 2.24) is 4.98 Å². The topological polar surface area (TPSA) is 51.6 Å². The highest BCUT2D eigenvalue weighted by Crippen LogP contribution is 2.29. The highest BCUT2D eigenvalue weighted by molar-refractivity contribution is 7.14. The Balaban J connectivity index is 2.13. The summed E-state index contributed by atoms with van der Waals surface area (Å²) in [6.45, 7) is 0. The molecule has 0 radical (unpaired) electrons. The van der Waals surface area contributed by atoms with Crippen molar-refractivity contribution in [2.24, 2.45) is 0 Å². The second-order valence-electron chi connectivity index (χ2n) is 3.63. The van der Waals surface area contributed by atoms with E-state index < -0.39 is 0 Å². The molecule has 2 heterocycles. The molecular weight excluding hydrogens is 230 g/mol. The minimum Gasteiger partial charge on any atom is -0.340 e. The predicted octanol–water partition coefficient (Wildman–Crippen LogP) is 3.84. The van der Waals surface area contributed by atoms with Gasteiger partial charge in [0.2, 0.25) is 0 Å². The fourth-order valence-electron chi connectivity index (χ4n) is 1.82. The van der Waals surface area contributed by atoms with Gasteiger partial charge in [-0.25, -0.2) is 0 Å². The number of H-pyrrole nitrogens is 1. The zero-order valence-corrected chi connectivity index (χ0v) is 9.71. The molecule has 0 atom stereocenters. The third-order valence-corrected chi connectivity index (χ3v) is 3.37. The summed E-state index contributed by atoms with van der Waals surface area (Å²) >= 11 is 1.61. The van der Waals surface area contributed by atoms with E-state index in [1.807, 2.05) is 41.8 Å². The molecule has 0 amide bonds. The average molecular weight is 239 g/mol. The molecule has 3 nitrogen and oxygen atoms in total. The van der Waals surface area contributed by atoms with Gasteiger partial charge in [0, 0.05) is 10.9 Å². The van der Waals surface area contributed by atoms with Crippen molar-refractivity contribution in [3.8, 4) is 6.07 Å². The smallest absolute Gasteiger partial charge is 0.127 e. The van der Waals surface area contributed by atoms with Gasteiger partial charge in [-0.05, 0) is 23.6 Å². The Labute approximate surface area is 102 Å². The van der Waals surface area contributed by atoms with Gasteiger partial charge in [-0.3, -0.25) is 0 Å². The fraction of sp³-hybridized carbons (Fsp3) is 0. The molecule has 2 aromatic heterocycles. The number of aromatic amines is 1. The molecule has 3 rings (SSSR count). The van der Waals surface area contributed by atoms with Crippen LogP contribution in [0.1, 0.15) is 5.56 Å². The van der Waals surface area contributed by atoms with Crippen molar-refractivity contribution in [3.05, 3.63) is 47.3 Å². The van der Waals surface area contributed by atoms with Crippen molar-refractivity contribution < 1.29 is 0 Å². The van der Waals surface area contributed by atoms with E-state index in [1.165, 1.54) is 0 Å². The molecule has 0 spiro atoms. The summed E-state index contributed by atoms with van der Waals surface area (Å²) in [5, 5.41) is 16.4. The molecule has 0 unspecified atom stereocenters. The van der Waals surface area contributed by atoms with E-state index in [0.29, 0.717) is 5.56 Å². The van der Waals surface area contributed by atoms with Crippen LogP contribution >= 0.6 is 11.3 Å². The van der Waals surface area contributed by atoms with E-state index in [0.717, 1.165) is 21.7 Å². The first kappa shape index (κ1) is 9.94. The molecule has 3 aromatic rings. The summed E-state index contributed by atoms with van der Waals surface area (Å²) in [5.74, 6) is 0.760. The Kier molecular flexibility index (Phi) is 2.32. The van der Waals surface area contributed by atoms with Crippen molar-refractivity contribution in [3.63, 3.8) is 0 Å². The van der Waals surface area contributed by atoms with E-state index >= 15 is 0 Å². The predicted molar refractivity (Wildman–Crippen MR) is 70.6 cm³/mol. The number of anilines is 2. The molecule has 0 saturated carbocycles. The molecule has 0 fully saturated rings. The average Bonchev–Trinajstić information content (AvgIpc) is 2.96. The largest absolute Gasteiger partial charge is 0.340 e. The van der Waals surface area contributed by atoms with Crippen molar-refractivity contribution in [2.45, 2.75) is 0 Å². The van der Waals surface area contributed by atoms with Gasteiger partial charge in [-0.2, -0.15) is 5.26 Å². The summed E-state index contributed by atoms with van der Waals surface area (Å²) in [6, 6.07) is 14.0. The number of benzene rings is 1. The zero-order chi connectivity index (χ0) is 11.7. The van der Waals surface area contributed by atoms with Crippen LogP contribution in [-0.2, 0) is 0 Å². The Hall–Kier alpha value is -2.25. The van der Waals surface area contributed by atoms with Gasteiger partial charge in [-0.1, -0.05) is 18.2 Å². The van der Waals surface area contributed by atoms with E-state index in [-0.39, 0.29) is 0 Å². The Morgan fingerprint density at radius 2 is 2.06 bits per heavy atom. The van der Waals surface area contributed by atoms with Crippen LogP contribution in [0.5, 0.6) is 0 Å². The standard InChI is InChI=1S/C13H9N3S/c14-8-10-9-4-1-2-5-11(9)15-13(10)16-12-6-3-7-17-12/h1-7,15-16H. The van der Waals surface area contributed by atoms with E-state index in [4.69, 9.17) is 0 Å². The van der Waals surface area contributed by atoms with Crippen molar-refractivity contribution in [1.29, 1.82) is 5.26 Å². The number of hydrogen-bond donors (Lipinski definition) is 2. The minimum atomic E-state index is 0.661. The lowest BCUT2D eigenvalue weighted by molar-refractivity contribution is 1.41. The second kappa shape index (κ2) is 3.96. The molecule has 82 valence electrons. The Bertz CT molecular complexity index is 689. The van der Waals surface area contributed by atoms with Crippen molar-refractivity contribution >= 4 is 33.1 Å². The number of thiophene rings is 1. The third kappa shape index (κ3) is 1.67. The number of nitrogens with zero attached hydrogens (tertiary/aromatic N) is 1. The van der Waals surface area contributed by atoms with Gasteiger partial charge in [-0.15, -0.1) is 11.3 Å². The van der Waals surface area contributed by atoms with Crippen LogP contribution in [-0.4, -0.2) is 4.98 Å². The lowest BCUT2D eigenvalue weighted by Crippen LogP contribution is -1.89. The maximum atomic E-state index is 9.23. The molecule has 2 N–H and O–H groups in total. The number of fused-ring (bicyclic) bond motifs is 1. The number of hydrogen-bond acceptors (Lipinski definition) is 3. The highest BCUT2D eigenvalue weighted by Gasteiger charge is 2.10. The van der Waals surface area contributed by atoms with Crippen molar-refractivity contribution in [2.75, 3.05) is 5.32 Å². The Morgan fingerprint density at radius 1 is 1.18 bits per heavy atom. The van der Waals surface area contributed by atoms with Gasteiger partial charge >= 0.3 is 0 Å². The number of rotatable bonds is 2. The maximum absolute atomic E-state index is 9.23. The third-order valence-electron chi connectivity index (χ3n) is 2.59. The van der Waals surface area contributed by atoms with Crippen LogP contribution in [0.3, 0.4) is 0 Å². The van der Waals surface area contributed by atoms with Crippen LogP contribution in [0.25, 0.3) is 10.9 Å². The zero-order valence-electron chi connectivity index (χ0n) is 8.90. The fourth-order valence-corrected chi connectivity index (χ4v) is 2.45. The second-order valence-corrected chi connectivity index (χ2v) is 4.58. The molecule has 0 aliphatic rings. The highest BCUT2D eigenvalue weighted by atomic mass is 32.1. The lowest BCUT2D eigenvalue weighted by atomic mass is 10.2. The molecular formula is C13H9N3S. The van der Waals surface area contributed by atoms with E-state index in [2.05, 4.69) is 16.4 Å². The van der Waals surface area contributed by atoms with Crippen LogP contribution in [0.15, 0.2) is 41.8 Å². The summed E-state index contributed by atoms with van der Waals surface area (Å²) in [6.07, 6.45) is 0. The number of nitrogens with one attached hydrogen (secondary N) is 2. The minimum absolute atomic E-state index is 0.661. The summed E-state index contributed by atoms with van der Waals surface area (Å²) in [7, 11) is 0. The number of nitriles is 1. The molecule has 0 aliphatic heterocycles. The number of para-hydroxylation sites is 1. The van der Waals surface area contributed by atoms with Crippen LogP contribution < -0.4 is 5.32 Å². The summed E-state index contributed by atoms with van der Waals surface area (Å²) in [4.78, 5) is 3.23. The molecule has 1 aromatic carbocycles. The Morgan fingerprint density at radius 3 is 2.82 bits per heavy atom. The SMILES string of the molecule is N#Cc1c(Nc2cccs2)[nH]c2ccccc12. The van der Waals surface area contributed by atoms with Crippen LogP contribution in [0, 0.1) is 11.3 Å². The molecule has 0 saturated heterocycles. The van der Waals surface area contributed by atoms with Gasteiger partial charge in [0.15, 0.2) is 0 Å². The first-order valence-corrected chi connectivity index (χ1v) is 6.08. The van der Waals surface area contributed by atoms with Crippen LogP contribution in [0.2, 0.25) is 0 Å². The lowest BCUT2D eigenvalue weighted by Gasteiger charge is -1.99. The number of aromatic nitrogens is 1. The summed E-state index contributed by atoms with van der Waals surface area (Å²) in [5.41, 5.74) is 1.64. The van der Waals surface area contributed by atoms with Gasteiger partial charge < -0.3 is 10.3 Å². The van der Waals surface area contributed by atoms with E-state index in [1.54, 1.807) is 11.3 Å². The summed E-state index contributed by atoms with van der Waals surface area (Å²) < 4.78 is 0. The van der Waals surface area contributed by atoms with Gasteiger partial charge in [0.25, 0.3) is 0 Å². The van der Waals surface area contributed by atoms with Crippen LogP contribution in [0.4, 0.5) is 10.8 Å². The normalized spacial score (nSPS) is 10.3. The maximum Gasteiger partial charge on any atom is 0.127 e.